The molecule has 0 fully saturated rings. The van der Waals surface area contributed by atoms with Gasteiger partial charge in [0.25, 0.3) is 0 Å². The highest BCUT2D eigenvalue weighted by atomic mass is 15.3. The molecule has 0 atom stereocenters. The van der Waals surface area contributed by atoms with Crippen molar-refractivity contribution < 1.29 is 0 Å². The third-order valence-electron chi connectivity index (χ3n) is 1.23. The van der Waals surface area contributed by atoms with E-state index in [1.807, 2.05) is 31.3 Å². The van der Waals surface area contributed by atoms with E-state index >= 15 is 0 Å². The minimum atomic E-state index is 0.817. The molecule has 1 rings (SSSR count). The lowest BCUT2D eigenvalue weighted by molar-refractivity contribution is 0.596. The van der Waals surface area contributed by atoms with Crippen LogP contribution in [0.1, 0.15) is 5.56 Å². The minimum absolute atomic E-state index is 0.817. The summed E-state index contributed by atoms with van der Waals surface area (Å²) in [5, 5.41) is 0. The minimum Gasteiger partial charge on any atom is -0.261 e. The van der Waals surface area contributed by atoms with E-state index in [1.54, 1.807) is 0 Å². The van der Waals surface area contributed by atoms with Gasteiger partial charge in [0.05, 0.1) is 0 Å². The predicted molar refractivity (Wildman–Crippen MR) is 41.2 cm³/mol. The Morgan fingerprint density at radius 3 is 3.00 bits per heavy atom. The summed E-state index contributed by atoms with van der Waals surface area (Å²) in [5.41, 5.74) is 6.99. The van der Waals surface area contributed by atoms with Gasteiger partial charge in [-0.2, -0.15) is 0 Å². The molecule has 1 aromatic rings. The van der Waals surface area contributed by atoms with Crippen LogP contribution in [0, 0.1) is 6.07 Å². The lowest BCUT2D eigenvalue weighted by atomic mass is 10.2. The van der Waals surface area contributed by atoms with Gasteiger partial charge in [-0.05, 0) is 18.7 Å². The summed E-state index contributed by atoms with van der Waals surface area (Å²) < 4.78 is 0. The lowest BCUT2D eigenvalue weighted by Gasteiger charge is -2.00. The van der Waals surface area contributed by atoms with Crippen LogP contribution in [-0.2, 0) is 6.54 Å². The molecule has 0 aliphatic carbocycles. The van der Waals surface area contributed by atoms with Crippen molar-refractivity contribution in [3.05, 3.63) is 35.9 Å². The van der Waals surface area contributed by atoms with Crippen molar-refractivity contribution in [1.29, 1.82) is 0 Å². The van der Waals surface area contributed by atoms with Crippen LogP contribution in [0.5, 0.6) is 0 Å². The highest BCUT2D eigenvalue weighted by Crippen LogP contribution is 1.94. The second-order valence-corrected chi connectivity index (χ2v) is 1.99. The van der Waals surface area contributed by atoms with E-state index in [9.17, 15) is 0 Å². The van der Waals surface area contributed by atoms with Crippen molar-refractivity contribution in [1.82, 2.24) is 10.9 Å². The predicted octanol–water partition coefficient (Wildman–Crippen LogP) is 0.711. The van der Waals surface area contributed by atoms with Gasteiger partial charge in [0.1, 0.15) is 0 Å². The Kier molecular flexibility index (Phi) is 2.93. The van der Waals surface area contributed by atoms with Crippen LogP contribution in [0.25, 0.3) is 0 Å². The summed E-state index contributed by atoms with van der Waals surface area (Å²) in [6.07, 6.45) is 0. The maximum Gasteiger partial charge on any atom is 0.0357 e. The molecule has 0 aliphatic heterocycles. The second-order valence-electron chi connectivity index (χ2n) is 1.99. The standard InChI is InChI=1S/C8H11N2/c1-9-10-7-8-5-3-2-4-6-8/h2-5,9-10H,7H2,1H3. The Morgan fingerprint density at radius 2 is 2.40 bits per heavy atom. The Bertz CT molecular complexity index is 172. The number of nitrogens with one attached hydrogen (secondary N) is 2. The molecule has 10 heavy (non-hydrogen) atoms. The van der Waals surface area contributed by atoms with Crippen molar-refractivity contribution in [2.75, 3.05) is 7.05 Å². The van der Waals surface area contributed by atoms with Crippen LogP contribution in [0.2, 0.25) is 0 Å². The van der Waals surface area contributed by atoms with Gasteiger partial charge in [0, 0.05) is 6.54 Å². The summed E-state index contributed by atoms with van der Waals surface area (Å²) >= 11 is 0. The molecule has 0 aliphatic rings. The summed E-state index contributed by atoms with van der Waals surface area (Å²) in [4.78, 5) is 0. The fourth-order valence-electron chi connectivity index (χ4n) is 0.724. The van der Waals surface area contributed by atoms with Gasteiger partial charge in [0.15, 0.2) is 0 Å². The average Bonchev–Trinajstić information content (AvgIpc) is 2.03. The van der Waals surface area contributed by atoms with Crippen LogP contribution in [-0.4, -0.2) is 7.05 Å². The van der Waals surface area contributed by atoms with Crippen molar-refractivity contribution in [2.45, 2.75) is 6.54 Å². The fraction of sp³-hybridized carbons (Fsp3) is 0.250. The molecule has 0 heterocycles. The average molecular weight is 135 g/mol. The molecular weight excluding hydrogens is 124 g/mol. The zero-order valence-corrected chi connectivity index (χ0v) is 6.02. The maximum atomic E-state index is 3.10. The zero-order valence-electron chi connectivity index (χ0n) is 6.02. The van der Waals surface area contributed by atoms with Crippen LogP contribution >= 0.6 is 0 Å². The van der Waals surface area contributed by atoms with E-state index < -0.39 is 0 Å². The first-order valence-corrected chi connectivity index (χ1v) is 3.28. The van der Waals surface area contributed by atoms with E-state index in [0.29, 0.717) is 0 Å². The normalized spacial score (nSPS) is 9.70. The Morgan fingerprint density at radius 1 is 1.50 bits per heavy atom. The lowest BCUT2D eigenvalue weighted by Crippen LogP contribution is -2.26. The van der Waals surface area contributed by atoms with Crippen molar-refractivity contribution in [3.63, 3.8) is 0 Å². The third kappa shape index (κ3) is 2.17. The molecule has 0 saturated carbocycles. The van der Waals surface area contributed by atoms with Gasteiger partial charge in [-0.3, -0.25) is 10.9 Å². The van der Waals surface area contributed by atoms with Gasteiger partial charge >= 0.3 is 0 Å². The quantitative estimate of drug-likeness (QED) is 0.596. The topological polar surface area (TPSA) is 24.1 Å². The number of rotatable bonds is 3. The number of benzene rings is 1. The van der Waals surface area contributed by atoms with Crippen LogP contribution in [0.3, 0.4) is 0 Å². The molecule has 2 heteroatoms. The van der Waals surface area contributed by atoms with Crippen molar-refractivity contribution in [3.8, 4) is 0 Å². The molecule has 0 aromatic heterocycles. The van der Waals surface area contributed by atoms with E-state index in [2.05, 4.69) is 16.9 Å². The molecule has 2 N–H and O–H groups in total. The van der Waals surface area contributed by atoms with Gasteiger partial charge in [-0.1, -0.05) is 24.3 Å². The molecule has 0 amide bonds. The number of hydrazine groups is 1. The third-order valence-corrected chi connectivity index (χ3v) is 1.23. The SMILES string of the molecule is CNNCc1[c]cccc1. The van der Waals surface area contributed by atoms with Crippen LogP contribution < -0.4 is 10.9 Å². The van der Waals surface area contributed by atoms with Crippen LogP contribution in [0.4, 0.5) is 0 Å². The molecular formula is C8H11N2. The van der Waals surface area contributed by atoms with E-state index in [4.69, 9.17) is 0 Å². The Labute approximate surface area is 61.2 Å². The molecule has 0 saturated heterocycles. The van der Waals surface area contributed by atoms with Crippen molar-refractivity contribution in [2.24, 2.45) is 0 Å². The molecule has 1 aromatic carbocycles. The summed E-state index contributed by atoms with van der Waals surface area (Å²) in [6, 6.07) is 11.0. The first-order valence-electron chi connectivity index (χ1n) is 3.28. The summed E-state index contributed by atoms with van der Waals surface area (Å²) in [5.74, 6) is 0. The van der Waals surface area contributed by atoms with E-state index in [1.165, 1.54) is 0 Å². The summed E-state index contributed by atoms with van der Waals surface area (Å²) in [7, 11) is 1.85. The number of hydrogen-bond donors (Lipinski definition) is 2. The monoisotopic (exact) mass is 135 g/mol. The van der Waals surface area contributed by atoms with Gasteiger partial charge in [-0.15, -0.1) is 0 Å². The highest BCUT2D eigenvalue weighted by Gasteiger charge is 1.86. The van der Waals surface area contributed by atoms with Crippen molar-refractivity contribution >= 4 is 0 Å². The molecule has 0 bridgehead atoms. The maximum absolute atomic E-state index is 3.10. The van der Waals surface area contributed by atoms with Gasteiger partial charge < -0.3 is 0 Å². The Hall–Kier alpha value is -0.860. The van der Waals surface area contributed by atoms with E-state index in [-0.39, 0.29) is 0 Å². The molecule has 2 nitrogen and oxygen atoms in total. The smallest absolute Gasteiger partial charge is 0.0357 e. The first-order chi connectivity index (χ1) is 4.93. The van der Waals surface area contributed by atoms with Crippen LogP contribution in [0.15, 0.2) is 24.3 Å². The highest BCUT2D eigenvalue weighted by molar-refractivity contribution is 5.12. The molecule has 53 valence electrons. The molecule has 0 unspecified atom stereocenters. The molecule has 0 spiro atoms. The zero-order chi connectivity index (χ0) is 7.23. The van der Waals surface area contributed by atoms with Gasteiger partial charge in [0.2, 0.25) is 0 Å². The number of hydrogen-bond acceptors (Lipinski definition) is 2. The Balaban J connectivity index is 2.43. The first kappa shape index (κ1) is 7.25. The second kappa shape index (κ2) is 4.04. The van der Waals surface area contributed by atoms with E-state index in [0.717, 1.165) is 12.1 Å². The fourth-order valence-corrected chi connectivity index (χ4v) is 0.724. The summed E-state index contributed by atoms with van der Waals surface area (Å²) in [6.45, 7) is 0.817. The largest absolute Gasteiger partial charge is 0.261 e. The van der Waals surface area contributed by atoms with Gasteiger partial charge in [-0.25, -0.2) is 0 Å². The molecule has 1 radical (unpaired) electrons.